The van der Waals surface area contributed by atoms with Crippen molar-refractivity contribution in [3.8, 4) is 0 Å². The van der Waals surface area contributed by atoms with E-state index < -0.39 is 25.5 Å². The molecule has 0 bridgehead atoms. The summed E-state index contributed by atoms with van der Waals surface area (Å²) in [6.45, 7) is 0.641. The highest BCUT2D eigenvalue weighted by atomic mass is 32.2. The van der Waals surface area contributed by atoms with Crippen molar-refractivity contribution in [3.63, 3.8) is 0 Å². The number of amides is 1. The summed E-state index contributed by atoms with van der Waals surface area (Å²) in [7, 11) is -4.09. The number of carbonyl (C=O) groups excluding carboxylic acids is 1. The van der Waals surface area contributed by atoms with Crippen molar-refractivity contribution in [2.75, 3.05) is 13.1 Å². The first-order valence-electron chi connectivity index (χ1n) is 8.51. The molecule has 1 aliphatic heterocycles. The van der Waals surface area contributed by atoms with Crippen LogP contribution in [0.3, 0.4) is 0 Å². The van der Waals surface area contributed by atoms with Crippen LogP contribution in [0.15, 0.2) is 53.4 Å². The van der Waals surface area contributed by atoms with Crippen LogP contribution in [0.25, 0.3) is 0 Å². The number of hydrogen-bond acceptors (Lipinski definition) is 5. The highest BCUT2D eigenvalue weighted by Crippen LogP contribution is 2.24. The molecular weight excluding hydrogens is 389 g/mol. The lowest BCUT2D eigenvalue weighted by atomic mass is 10.1. The van der Waals surface area contributed by atoms with Gasteiger partial charge in [-0.2, -0.15) is 0 Å². The largest absolute Gasteiger partial charge is 0.338 e. The number of nitro benzene ring substituents is 1. The van der Waals surface area contributed by atoms with Gasteiger partial charge < -0.3 is 4.90 Å². The van der Waals surface area contributed by atoms with Gasteiger partial charge in [-0.15, -0.1) is 0 Å². The van der Waals surface area contributed by atoms with E-state index in [1.165, 1.54) is 30.3 Å². The quantitative estimate of drug-likeness (QED) is 0.558. The Morgan fingerprint density at radius 3 is 2.54 bits per heavy atom. The second-order valence-corrected chi connectivity index (χ2v) is 8.28. The average Bonchev–Trinajstić information content (AvgIpc) is 3.01. The molecule has 148 valence electrons. The maximum atomic E-state index is 13.0. The monoisotopic (exact) mass is 407 g/mol. The number of hydrogen-bond donors (Lipinski definition) is 1. The molecule has 1 unspecified atom stereocenters. The van der Waals surface area contributed by atoms with Gasteiger partial charge in [0.15, 0.2) is 4.90 Å². The molecule has 10 heteroatoms. The highest BCUT2D eigenvalue weighted by molar-refractivity contribution is 7.89. The van der Waals surface area contributed by atoms with Crippen molar-refractivity contribution >= 4 is 21.6 Å². The molecule has 1 aliphatic rings. The highest BCUT2D eigenvalue weighted by Gasteiger charge is 2.32. The Morgan fingerprint density at radius 1 is 1.18 bits per heavy atom. The number of carbonyl (C=O) groups is 1. The van der Waals surface area contributed by atoms with Gasteiger partial charge in [-0.25, -0.2) is 17.5 Å². The number of sulfonamides is 1. The van der Waals surface area contributed by atoms with Gasteiger partial charge in [0.25, 0.3) is 5.69 Å². The van der Waals surface area contributed by atoms with Gasteiger partial charge in [-0.05, 0) is 29.7 Å². The van der Waals surface area contributed by atoms with Crippen LogP contribution in [0.2, 0.25) is 0 Å². The molecule has 2 aromatic carbocycles. The SMILES string of the molecule is O=C1CC(CNS(=O)(=O)c2ccccc2[N+](=O)[O-])CN1Cc1ccc(F)cc1. The fraction of sp³-hybridized carbons (Fsp3) is 0.278. The zero-order chi connectivity index (χ0) is 20.3. The van der Waals surface area contributed by atoms with E-state index in [2.05, 4.69) is 4.72 Å². The van der Waals surface area contributed by atoms with Gasteiger partial charge in [0, 0.05) is 32.1 Å². The van der Waals surface area contributed by atoms with E-state index in [1.807, 2.05) is 0 Å². The van der Waals surface area contributed by atoms with Crippen LogP contribution >= 0.6 is 0 Å². The Labute approximate surface area is 161 Å². The Hall–Kier alpha value is -2.85. The summed E-state index contributed by atoms with van der Waals surface area (Å²) in [6, 6.07) is 10.9. The summed E-state index contributed by atoms with van der Waals surface area (Å²) >= 11 is 0. The first-order valence-corrected chi connectivity index (χ1v) is 10.00. The van der Waals surface area contributed by atoms with Crippen LogP contribution < -0.4 is 4.72 Å². The summed E-state index contributed by atoms with van der Waals surface area (Å²) in [4.78, 5) is 23.6. The Kier molecular flexibility index (Phi) is 5.71. The van der Waals surface area contributed by atoms with Gasteiger partial charge in [0.2, 0.25) is 15.9 Å². The number of nitrogens with one attached hydrogen (secondary N) is 1. The van der Waals surface area contributed by atoms with Gasteiger partial charge in [-0.3, -0.25) is 14.9 Å². The van der Waals surface area contributed by atoms with Gasteiger partial charge >= 0.3 is 0 Å². The molecule has 0 saturated carbocycles. The fourth-order valence-electron chi connectivity index (χ4n) is 3.09. The number of nitro groups is 1. The van der Waals surface area contributed by atoms with Crippen LogP contribution in [0, 0.1) is 21.8 Å². The molecule has 1 heterocycles. The molecule has 2 aromatic rings. The maximum absolute atomic E-state index is 13.0. The summed E-state index contributed by atoms with van der Waals surface area (Å²) < 4.78 is 40.2. The summed E-state index contributed by atoms with van der Waals surface area (Å²) in [6.07, 6.45) is 0.167. The lowest BCUT2D eigenvalue weighted by molar-refractivity contribution is -0.387. The van der Waals surface area contributed by atoms with E-state index in [9.17, 15) is 27.7 Å². The van der Waals surface area contributed by atoms with Crippen LogP contribution in [-0.2, 0) is 21.4 Å². The number of benzene rings is 2. The molecule has 8 nitrogen and oxygen atoms in total. The van der Waals surface area contributed by atoms with Crippen molar-refractivity contribution in [3.05, 3.63) is 70.0 Å². The maximum Gasteiger partial charge on any atom is 0.289 e. The second kappa shape index (κ2) is 8.03. The predicted molar refractivity (Wildman–Crippen MR) is 98.2 cm³/mol. The summed E-state index contributed by atoms with van der Waals surface area (Å²) in [5, 5.41) is 11.0. The standard InChI is InChI=1S/C18H18FN3O5S/c19-15-7-5-13(6-8-15)11-21-12-14(9-18(21)23)10-20-28(26,27)17-4-2-1-3-16(17)22(24)25/h1-8,14,20H,9-12H2. The van der Waals surface area contributed by atoms with E-state index in [1.54, 1.807) is 17.0 Å². The van der Waals surface area contributed by atoms with Crippen molar-refractivity contribution in [2.24, 2.45) is 5.92 Å². The molecule has 0 aromatic heterocycles. The van der Waals surface area contributed by atoms with Gasteiger partial charge in [0.1, 0.15) is 5.82 Å². The minimum atomic E-state index is -4.09. The number of nitrogens with zero attached hydrogens (tertiary/aromatic N) is 2. The normalized spacial score (nSPS) is 17.1. The molecular formula is C18H18FN3O5S. The minimum Gasteiger partial charge on any atom is -0.338 e. The number of para-hydroxylation sites is 1. The molecule has 1 atom stereocenters. The summed E-state index contributed by atoms with van der Waals surface area (Å²) in [5.41, 5.74) is 0.270. The van der Waals surface area contributed by atoms with Gasteiger partial charge in [0.05, 0.1) is 4.92 Å². The van der Waals surface area contributed by atoms with Crippen molar-refractivity contribution in [1.82, 2.24) is 9.62 Å². The lowest BCUT2D eigenvalue weighted by Crippen LogP contribution is -2.31. The molecule has 0 aliphatic carbocycles. The third-order valence-corrected chi connectivity index (χ3v) is 5.97. The molecule has 1 amide bonds. The first kappa shape index (κ1) is 19.9. The van der Waals surface area contributed by atoms with E-state index in [-0.39, 0.29) is 30.6 Å². The van der Waals surface area contributed by atoms with Crippen molar-refractivity contribution in [2.45, 2.75) is 17.9 Å². The predicted octanol–water partition coefficient (Wildman–Crippen LogP) is 2.06. The molecule has 3 rings (SSSR count). The number of halogens is 1. The number of likely N-dealkylation sites (tertiary alicyclic amines) is 1. The first-order chi connectivity index (χ1) is 13.3. The Bertz CT molecular complexity index is 995. The molecule has 0 spiro atoms. The van der Waals surface area contributed by atoms with E-state index in [0.29, 0.717) is 13.1 Å². The molecule has 0 radical (unpaired) electrons. The van der Waals surface area contributed by atoms with E-state index >= 15 is 0 Å². The number of rotatable bonds is 7. The van der Waals surface area contributed by atoms with Crippen LogP contribution in [0.5, 0.6) is 0 Å². The lowest BCUT2D eigenvalue weighted by Gasteiger charge is -2.17. The topological polar surface area (TPSA) is 110 Å². The molecule has 28 heavy (non-hydrogen) atoms. The third kappa shape index (κ3) is 4.52. The van der Waals surface area contributed by atoms with Crippen molar-refractivity contribution in [1.29, 1.82) is 0 Å². The van der Waals surface area contributed by atoms with E-state index in [4.69, 9.17) is 0 Å². The van der Waals surface area contributed by atoms with Crippen LogP contribution in [0.1, 0.15) is 12.0 Å². The smallest absolute Gasteiger partial charge is 0.289 e. The Balaban J connectivity index is 1.63. The van der Waals surface area contributed by atoms with Crippen LogP contribution in [0.4, 0.5) is 10.1 Å². The average molecular weight is 407 g/mol. The zero-order valence-corrected chi connectivity index (χ0v) is 15.6. The second-order valence-electron chi connectivity index (χ2n) is 6.55. The van der Waals surface area contributed by atoms with E-state index in [0.717, 1.165) is 11.6 Å². The molecule has 1 fully saturated rings. The fourth-order valence-corrected chi connectivity index (χ4v) is 4.38. The Morgan fingerprint density at radius 2 is 1.86 bits per heavy atom. The zero-order valence-electron chi connectivity index (χ0n) is 14.7. The van der Waals surface area contributed by atoms with Crippen molar-refractivity contribution < 1.29 is 22.5 Å². The molecule has 1 N–H and O–H groups in total. The van der Waals surface area contributed by atoms with Gasteiger partial charge in [-0.1, -0.05) is 24.3 Å². The summed E-state index contributed by atoms with van der Waals surface area (Å²) in [5.74, 6) is -0.747. The molecule has 1 saturated heterocycles. The van der Waals surface area contributed by atoms with Crippen LogP contribution in [-0.4, -0.2) is 37.2 Å². The minimum absolute atomic E-state index is 0.0138. The third-order valence-electron chi connectivity index (χ3n) is 4.49.